The van der Waals surface area contributed by atoms with Crippen molar-refractivity contribution in [1.82, 2.24) is 10.6 Å². The summed E-state index contributed by atoms with van der Waals surface area (Å²) in [4.78, 5) is 23.2. The van der Waals surface area contributed by atoms with E-state index in [0.29, 0.717) is 5.56 Å². The summed E-state index contributed by atoms with van der Waals surface area (Å²) in [6.07, 6.45) is 2.68. The molecule has 0 radical (unpaired) electrons. The SMILES string of the molecule is CCCC(CC)NC(=O)N[C@@H](C(=O)O)c1ccccc1. The van der Waals surface area contributed by atoms with Gasteiger partial charge in [0.2, 0.25) is 0 Å². The first-order valence-corrected chi connectivity index (χ1v) is 6.93. The van der Waals surface area contributed by atoms with Gasteiger partial charge in [-0.15, -0.1) is 0 Å². The van der Waals surface area contributed by atoms with Gasteiger partial charge in [-0.2, -0.15) is 0 Å². The summed E-state index contributed by atoms with van der Waals surface area (Å²) in [5, 5.41) is 14.5. The zero-order valence-corrected chi connectivity index (χ0v) is 11.9. The van der Waals surface area contributed by atoms with Crippen molar-refractivity contribution in [1.29, 1.82) is 0 Å². The Balaban J connectivity index is 2.67. The van der Waals surface area contributed by atoms with Gasteiger partial charge in [0.05, 0.1) is 0 Å². The molecule has 0 saturated carbocycles. The van der Waals surface area contributed by atoms with E-state index in [-0.39, 0.29) is 6.04 Å². The fourth-order valence-corrected chi connectivity index (χ4v) is 2.02. The molecule has 3 N–H and O–H groups in total. The molecule has 0 fully saturated rings. The minimum absolute atomic E-state index is 0.0743. The number of carboxylic acids is 1. The highest BCUT2D eigenvalue weighted by atomic mass is 16.4. The predicted octanol–water partition coefficient (Wildman–Crippen LogP) is 2.69. The fourth-order valence-electron chi connectivity index (χ4n) is 2.02. The molecule has 110 valence electrons. The van der Waals surface area contributed by atoms with Crippen LogP contribution in [0.2, 0.25) is 0 Å². The van der Waals surface area contributed by atoms with Crippen molar-refractivity contribution in [3.8, 4) is 0 Å². The fraction of sp³-hybridized carbons (Fsp3) is 0.467. The lowest BCUT2D eigenvalue weighted by Gasteiger charge is -2.20. The van der Waals surface area contributed by atoms with Crippen molar-refractivity contribution in [3.63, 3.8) is 0 Å². The number of hydrogen-bond donors (Lipinski definition) is 3. The topological polar surface area (TPSA) is 78.4 Å². The summed E-state index contributed by atoms with van der Waals surface area (Å²) < 4.78 is 0. The zero-order chi connectivity index (χ0) is 15.0. The van der Waals surface area contributed by atoms with Crippen LogP contribution < -0.4 is 10.6 Å². The Kier molecular flexibility index (Phi) is 6.56. The summed E-state index contributed by atoms with van der Waals surface area (Å²) in [5.41, 5.74) is 0.554. The average molecular weight is 278 g/mol. The Labute approximate surface area is 119 Å². The third-order valence-electron chi connectivity index (χ3n) is 3.12. The molecule has 0 aliphatic rings. The lowest BCUT2D eigenvalue weighted by Crippen LogP contribution is -2.45. The molecule has 2 amide bonds. The molecule has 1 unspecified atom stereocenters. The molecule has 0 aliphatic carbocycles. The van der Waals surface area contributed by atoms with Crippen molar-refractivity contribution in [2.45, 2.75) is 45.2 Å². The molecule has 0 heterocycles. The third-order valence-corrected chi connectivity index (χ3v) is 3.12. The van der Waals surface area contributed by atoms with Gasteiger partial charge in [-0.25, -0.2) is 9.59 Å². The van der Waals surface area contributed by atoms with Crippen LogP contribution in [0.15, 0.2) is 30.3 Å². The molecule has 1 rings (SSSR count). The second-order valence-electron chi connectivity index (χ2n) is 4.69. The van der Waals surface area contributed by atoms with Gasteiger partial charge in [-0.3, -0.25) is 0 Å². The largest absolute Gasteiger partial charge is 0.479 e. The van der Waals surface area contributed by atoms with Gasteiger partial charge in [0.15, 0.2) is 6.04 Å². The van der Waals surface area contributed by atoms with E-state index in [1.54, 1.807) is 30.3 Å². The molecule has 5 heteroatoms. The molecule has 0 bridgehead atoms. The van der Waals surface area contributed by atoms with Crippen LogP contribution in [0.3, 0.4) is 0 Å². The lowest BCUT2D eigenvalue weighted by atomic mass is 10.1. The number of urea groups is 1. The van der Waals surface area contributed by atoms with Gasteiger partial charge in [0.1, 0.15) is 0 Å². The maximum Gasteiger partial charge on any atom is 0.330 e. The first-order valence-electron chi connectivity index (χ1n) is 6.93. The van der Waals surface area contributed by atoms with Crippen molar-refractivity contribution >= 4 is 12.0 Å². The van der Waals surface area contributed by atoms with E-state index in [9.17, 15) is 14.7 Å². The Morgan fingerprint density at radius 3 is 2.30 bits per heavy atom. The average Bonchev–Trinajstić information content (AvgIpc) is 2.45. The quantitative estimate of drug-likeness (QED) is 0.717. The number of hydrogen-bond acceptors (Lipinski definition) is 2. The van der Waals surface area contributed by atoms with Crippen molar-refractivity contribution in [3.05, 3.63) is 35.9 Å². The van der Waals surface area contributed by atoms with Crippen LogP contribution in [0, 0.1) is 0 Å². The van der Waals surface area contributed by atoms with Crippen molar-refractivity contribution in [2.24, 2.45) is 0 Å². The second kappa shape index (κ2) is 8.19. The molecule has 0 aromatic heterocycles. The van der Waals surface area contributed by atoms with Gasteiger partial charge in [0, 0.05) is 6.04 Å². The summed E-state index contributed by atoms with van der Waals surface area (Å²) in [6, 6.07) is 7.26. The van der Waals surface area contributed by atoms with Gasteiger partial charge in [-0.1, -0.05) is 50.6 Å². The summed E-state index contributed by atoms with van der Waals surface area (Å²) >= 11 is 0. The smallest absolute Gasteiger partial charge is 0.330 e. The Bertz CT molecular complexity index is 434. The van der Waals surface area contributed by atoms with Gasteiger partial charge < -0.3 is 15.7 Å². The van der Waals surface area contributed by atoms with Gasteiger partial charge >= 0.3 is 12.0 Å². The number of carbonyl (C=O) groups is 2. The van der Waals surface area contributed by atoms with E-state index >= 15 is 0 Å². The Morgan fingerprint density at radius 1 is 1.15 bits per heavy atom. The van der Waals surface area contributed by atoms with E-state index in [1.807, 2.05) is 13.8 Å². The standard InChI is InChI=1S/C15H22N2O3/c1-3-8-12(4-2)16-15(20)17-13(14(18)19)11-9-6-5-7-10-11/h5-7,9-10,12-13H,3-4,8H2,1-2H3,(H,18,19)(H2,16,17,20)/t12?,13-/m1/s1. The summed E-state index contributed by atoms with van der Waals surface area (Å²) in [5.74, 6) is -1.07. The minimum atomic E-state index is -1.07. The minimum Gasteiger partial charge on any atom is -0.479 e. The number of amides is 2. The Hall–Kier alpha value is -2.04. The molecule has 0 aliphatic heterocycles. The number of carbonyl (C=O) groups excluding carboxylic acids is 1. The van der Waals surface area contributed by atoms with Crippen LogP contribution in [0.1, 0.15) is 44.7 Å². The molecular formula is C15H22N2O3. The first kappa shape index (κ1) is 16.0. The number of benzene rings is 1. The van der Waals surface area contributed by atoms with E-state index in [0.717, 1.165) is 19.3 Å². The lowest BCUT2D eigenvalue weighted by molar-refractivity contribution is -0.139. The summed E-state index contributed by atoms with van der Waals surface area (Å²) in [6.45, 7) is 4.04. The molecule has 2 atom stereocenters. The molecule has 1 aromatic carbocycles. The number of carboxylic acid groups (broad SMARTS) is 1. The van der Waals surface area contributed by atoms with E-state index in [1.165, 1.54) is 0 Å². The van der Waals surface area contributed by atoms with E-state index < -0.39 is 18.0 Å². The zero-order valence-electron chi connectivity index (χ0n) is 11.9. The molecule has 0 saturated heterocycles. The molecule has 5 nitrogen and oxygen atoms in total. The molecule has 1 aromatic rings. The van der Waals surface area contributed by atoms with E-state index in [4.69, 9.17) is 0 Å². The predicted molar refractivity (Wildman–Crippen MR) is 77.5 cm³/mol. The highest BCUT2D eigenvalue weighted by Gasteiger charge is 2.22. The maximum absolute atomic E-state index is 11.9. The number of rotatable bonds is 7. The van der Waals surface area contributed by atoms with Crippen LogP contribution in [0.25, 0.3) is 0 Å². The highest BCUT2D eigenvalue weighted by molar-refractivity contribution is 5.83. The third kappa shape index (κ3) is 4.91. The molecular weight excluding hydrogens is 256 g/mol. The Morgan fingerprint density at radius 2 is 1.80 bits per heavy atom. The molecule has 20 heavy (non-hydrogen) atoms. The van der Waals surface area contributed by atoms with E-state index in [2.05, 4.69) is 10.6 Å². The highest BCUT2D eigenvalue weighted by Crippen LogP contribution is 2.12. The van der Waals surface area contributed by atoms with Crippen molar-refractivity contribution < 1.29 is 14.7 Å². The van der Waals surface area contributed by atoms with Gasteiger partial charge in [0.25, 0.3) is 0 Å². The van der Waals surface area contributed by atoms with Crippen LogP contribution in [0.5, 0.6) is 0 Å². The van der Waals surface area contributed by atoms with Crippen LogP contribution in [-0.2, 0) is 4.79 Å². The number of nitrogens with one attached hydrogen (secondary N) is 2. The molecule has 0 spiro atoms. The first-order chi connectivity index (χ1) is 9.58. The summed E-state index contributed by atoms with van der Waals surface area (Å²) in [7, 11) is 0. The van der Waals surface area contributed by atoms with Crippen LogP contribution in [-0.4, -0.2) is 23.1 Å². The second-order valence-corrected chi connectivity index (χ2v) is 4.69. The van der Waals surface area contributed by atoms with Crippen molar-refractivity contribution in [2.75, 3.05) is 0 Å². The normalized spacial score (nSPS) is 13.3. The monoisotopic (exact) mass is 278 g/mol. The van der Waals surface area contributed by atoms with Crippen LogP contribution >= 0.6 is 0 Å². The van der Waals surface area contributed by atoms with Gasteiger partial charge in [-0.05, 0) is 18.4 Å². The maximum atomic E-state index is 11.9. The van der Waals surface area contributed by atoms with Crippen LogP contribution in [0.4, 0.5) is 4.79 Å². The number of aliphatic carboxylic acids is 1.